The molecule has 0 spiro atoms. The van der Waals surface area contributed by atoms with Gasteiger partial charge >= 0.3 is 5.76 Å². The number of aromatic nitrogens is 6. The number of nitrogens with one attached hydrogen (secondary N) is 2. The Morgan fingerprint density at radius 3 is 2.73 bits per heavy atom. The number of nitrogens with zero attached hydrogens (tertiary/aromatic N) is 6. The molecule has 6 rings (SSSR count). The van der Waals surface area contributed by atoms with Crippen molar-refractivity contribution in [3.63, 3.8) is 0 Å². The SMILES string of the molecule is CC1CCC(Cn2c(N3CCNC[C@H]3C)nc3c(-c4noc(=O)[nH]4)cnc(-c4cncc(Cl)c4)c32)CC1. The summed E-state index contributed by atoms with van der Waals surface area (Å²) in [6.07, 6.45) is 9.95. The van der Waals surface area contributed by atoms with Crippen molar-refractivity contribution >= 4 is 28.6 Å². The summed E-state index contributed by atoms with van der Waals surface area (Å²) >= 11 is 6.34. The number of pyridine rings is 2. The minimum atomic E-state index is -0.613. The second-order valence-electron chi connectivity index (χ2n) is 10.4. The van der Waals surface area contributed by atoms with Crippen LogP contribution < -0.4 is 16.0 Å². The molecule has 10 nitrogen and oxygen atoms in total. The topological polar surface area (TPSA) is 118 Å². The van der Waals surface area contributed by atoms with Gasteiger partial charge in [-0.2, -0.15) is 0 Å². The van der Waals surface area contributed by atoms with Crippen molar-refractivity contribution in [3.8, 4) is 22.6 Å². The van der Waals surface area contributed by atoms with Gasteiger partial charge in [-0.15, -0.1) is 0 Å². The normalized spacial score (nSPS) is 22.6. The molecule has 1 saturated carbocycles. The Morgan fingerprint density at radius 1 is 1.16 bits per heavy atom. The standard InChI is InChI=1S/C26H31ClN8O2/c1-15-3-5-17(6-4-15)14-35-23-21(18-9-19(27)12-29-11-18)30-13-20(24-32-26(36)37-33-24)22(23)31-25(35)34-8-7-28-10-16(34)2/h9,11-13,15-17,28H,3-8,10,14H2,1-2H3,(H,32,33,36)/t15?,16-,17?/m1/s1. The molecule has 1 saturated heterocycles. The lowest BCUT2D eigenvalue weighted by Gasteiger charge is -2.36. The maximum atomic E-state index is 11.8. The number of rotatable bonds is 5. The summed E-state index contributed by atoms with van der Waals surface area (Å²) in [6.45, 7) is 8.03. The molecule has 0 aromatic carbocycles. The highest BCUT2D eigenvalue weighted by molar-refractivity contribution is 6.30. The summed E-state index contributed by atoms with van der Waals surface area (Å²) in [5.74, 6) is 1.94. The van der Waals surface area contributed by atoms with Crippen LogP contribution in [0.15, 0.2) is 34.0 Å². The van der Waals surface area contributed by atoms with Gasteiger partial charge in [0.2, 0.25) is 5.95 Å². The van der Waals surface area contributed by atoms with Gasteiger partial charge in [-0.3, -0.25) is 19.5 Å². The second kappa shape index (κ2) is 9.90. The zero-order valence-electron chi connectivity index (χ0n) is 21.1. The van der Waals surface area contributed by atoms with Crippen LogP contribution in [0.3, 0.4) is 0 Å². The minimum Gasteiger partial charge on any atom is -0.337 e. The largest absolute Gasteiger partial charge is 0.439 e. The first-order valence-corrected chi connectivity index (χ1v) is 13.4. The van der Waals surface area contributed by atoms with Gasteiger partial charge in [0.15, 0.2) is 5.82 Å². The average Bonchev–Trinajstić information content (AvgIpc) is 3.49. The van der Waals surface area contributed by atoms with Crippen LogP contribution in [0.4, 0.5) is 5.95 Å². The van der Waals surface area contributed by atoms with E-state index in [1.807, 2.05) is 6.07 Å². The lowest BCUT2D eigenvalue weighted by molar-refractivity contribution is 0.266. The van der Waals surface area contributed by atoms with Gasteiger partial charge < -0.3 is 14.8 Å². The Morgan fingerprint density at radius 2 is 2.00 bits per heavy atom. The minimum absolute atomic E-state index is 0.273. The van der Waals surface area contributed by atoms with Crippen LogP contribution in [0.5, 0.6) is 0 Å². The first-order valence-electron chi connectivity index (χ1n) is 13.0. The Balaban J connectivity index is 1.60. The first kappa shape index (κ1) is 24.1. The van der Waals surface area contributed by atoms with Crippen molar-refractivity contribution in [1.82, 2.24) is 35.0 Å². The molecule has 4 aromatic heterocycles. The summed E-state index contributed by atoms with van der Waals surface area (Å²) < 4.78 is 7.17. The number of halogens is 1. The van der Waals surface area contributed by atoms with E-state index in [2.05, 4.69) is 43.8 Å². The van der Waals surface area contributed by atoms with E-state index in [9.17, 15) is 4.79 Å². The molecule has 1 atom stereocenters. The quantitative estimate of drug-likeness (QED) is 0.402. The summed E-state index contributed by atoms with van der Waals surface area (Å²) in [7, 11) is 0. The van der Waals surface area contributed by atoms with E-state index in [0.717, 1.165) is 60.3 Å². The smallest absolute Gasteiger partial charge is 0.337 e. The van der Waals surface area contributed by atoms with E-state index < -0.39 is 5.76 Å². The maximum absolute atomic E-state index is 11.8. The average molecular weight is 523 g/mol. The van der Waals surface area contributed by atoms with Crippen molar-refractivity contribution in [2.24, 2.45) is 11.8 Å². The van der Waals surface area contributed by atoms with E-state index in [0.29, 0.717) is 22.3 Å². The summed E-state index contributed by atoms with van der Waals surface area (Å²) in [5.41, 5.74) is 3.81. The van der Waals surface area contributed by atoms with Crippen LogP contribution in [0.25, 0.3) is 33.7 Å². The molecule has 0 amide bonds. The predicted octanol–water partition coefficient (Wildman–Crippen LogP) is 4.11. The van der Waals surface area contributed by atoms with E-state index in [1.54, 1.807) is 18.6 Å². The number of H-pyrrole nitrogens is 1. The molecule has 4 aromatic rings. The van der Waals surface area contributed by atoms with Gasteiger partial charge in [0.05, 0.1) is 21.8 Å². The molecule has 194 valence electrons. The molecule has 2 aliphatic rings. The zero-order valence-corrected chi connectivity index (χ0v) is 21.8. The molecule has 11 heteroatoms. The molecule has 5 heterocycles. The molecule has 1 aliphatic carbocycles. The van der Waals surface area contributed by atoms with E-state index >= 15 is 0 Å². The number of fused-ring (bicyclic) bond motifs is 1. The number of imidazole rings is 1. The van der Waals surface area contributed by atoms with Crippen LogP contribution in [-0.4, -0.2) is 55.3 Å². The van der Waals surface area contributed by atoms with E-state index in [1.165, 1.54) is 25.7 Å². The molecule has 0 bridgehead atoms. The number of piperazine rings is 1. The molecule has 2 N–H and O–H groups in total. The fraction of sp³-hybridized carbons (Fsp3) is 0.500. The van der Waals surface area contributed by atoms with Crippen LogP contribution in [-0.2, 0) is 6.54 Å². The van der Waals surface area contributed by atoms with Crippen LogP contribution in [0, 0.1) is 11.8 Å². The maximum Gasteiger partial charge on any atom is 0.439 e. The molecular formula is C26H31ClN8O2. The molecular weight excluding hydrogens is 492 g/mol. The molecule has 37 heavy (non-hydrogen) atoms. The lowest BCUT2D eigenvalue weighted by atomic mass is 9.83. The van der Waals surface area contributed by atoms with Crippen molar-refractivity contribution in [1.29, 1.82) is 0 Å². The number of anilines is 1. The Bertz CT molecular complexity index is 1470. The third kappa shape index (κ3) is 4.64. The predicted molar refractivity (Wildman–Crippen MR) is 143 cm³/mol. The molecule has 2 fully saturated rings. The van der Waals surface area contributed by atoms with Gasteiger partial charge in [-0.05, 0) is 37.7 Å². The summed E-state index contributed by atoms with van der Waals surface area (Å²) in [6, 6.07) is 2.15. The summed E-state index contributed by atoms with van der Waals surface area (Å²) in [5, 5.41) is 7.98. The summed E-state index contributed by atoms with van der Waals surface area (Å²) in [4.78, 5) is 31.3. The first-order chi connectivity index (χ1) is 18.0. The lowest BCUT2D eigenvalue weighted by Crippen LogP contribution is -2.51. The second-order valence-corrected chi connectivity index (χ2v) is 10.9. The number of aromatic amines is 1. The molecule has 0 radical (unpaired) electrons. The Hall–Kier alpha value is -3.24. The van der Waals surface area contributed by atoms with Crippen molar-refractivity contribution in [3.05, 3.63) is 40.2 Å². The highest BCUT2D eigenvalue weighted by Gasteiger charge is 2.30. The van der Waals surface area contributed by atoms with Gasteiger partial charge in [0.1, 0.15) is 5.52 Å². The Kier molecular flexibility index (Phi) is 6.46. The van der Waals surface area contributed by atoms with Crippen LogP contribution in [0.2, 0.25) is 5.02 Å². The zero-order chi connectivity index (χ0) is 25.5. The fourth-order valence-corrected chi connectivity index (χ4v) is 5.87. The number of hydrogen-bond acceptors (Lipinski definition) is 8. The van der Waals surface area contributed by atoms with Gasteiger partial charge in [0.25, 0.3) is 0 Å². The molecule has 1 aliphatic heterocycles. The highest BCUT2D eigenvalue weighted by atomic mass is 35.5. The number of hydrogen-bond donors (Lipinski definition) is 2. The van der Waals surface area contributed by atoms with Gasteiger partial charge in [0, 0.05) is 56.4 Å². The van der Waals surface area contributed by atoms with Crippen molar-refractivity contribution < 1.29 is 4.52 Å². The third-order valence-electron chi connectivity index (χ3n) is 7.76. The highest BCUT2D eigenvalue weighted by Crippen LogP contribution is 2.38. The van der Waals surface area contributed by atoms with Crippen molar-refractivity contribution in [2.45, 2.75) is 52.1 Å². The Labute approximate surface area is 219 Å². The third-order valence-corrected chi connectivity index (χ3v) is 7.96. The van der Waals surface area contributed by atoms with Gasteiger partial charge in [-0.1, -0.05) is 36.5 Å². The fourth-order valence-electron chi connectivity index (χ4n) is 5.69. The van der Waals surface area contributed by atoms with Crippen LogP contribution in [0.1, 0.15) is 39.5 Å². The van der Waals surface area contributed by atoms with Crippen molar-refractivity contribution in [2.75, 3.05) is 24.5 Å². The van der Waals surface area contributed by atoms with Crippen LogP contribution >= 0.6 is 11.6 Å². The van der Waals surface area contributed by atoms with Gasteiger partial charge in [-0.25, -0.2) is 9.78 Å². The van der Waals surface area contributed by atoms with E-state index in [-0.39, 0.29) is 6.04 Å². The van der Waals surface area contributed by atoms with E-state index in [4.69, 9.17) is 26.1 Å². The molecule has 0 unspecified atom stereocenters. The monoisotopic (exact) mass is 522 g/mol.